The summed E-state index contributed by atoms with van der Waals surface area (Å²) in [6.07, 6.45) is 2.62. The molecule has 0 aliphatic carbocycles. The van der Waals surface area contributed by atoms with Crippen LogP contribution in [0.5, 0.6) is 5.75 Å². The van der Waals surface area contributed by atoms with Gasteiger partial charge in [0.15, 0.2) is 0 Å². The average Bonchev–Trinajstić information content (AvgIpc) is 2.68. The summed E-state index contributed by atoms with van der Waals surface area (Å²) < 4.78 is 6.50. The molecule has 0 radical (unpaired) electrons. The Bertz CT molecular complexity index is 934. The normalized spacial score (nSPS) is 10.9. The van der Waals surface area contributed by atoms with Crippen LogP contribution in [0.4, 0.5) is 0 Å². The highest BCUT2D eigenvalue weighted by Crippen LogP contribution is 2.23. The molecule has 0 heterocycles. The molecule has 0 N–H and O–H groups in total. The van der Waals surface area contributed by atoms with E-state index in [1.807, 2.05) is 49.4 Å². The lowest BCUT2D eigenvalue weighted by Gasteiger charge is -2.08. The maximum absolute atomic E-state index is 12.4. The predicted octanol–water partition coefficient (Wildman–Crippen LogP) is 5.64. The molecule has 27 heavy (non-hydrogen) atoms. The zero-order chi connectivity index (χ0) is 19.1. The lowest BCUT2D eigenvalue weighted by Crippen LogP contribution is -2.09. The third-order valence-electron chi connectivity index (χ3n) is 4.06. The molecule has 4 heteroatoms. The number of benzene rings is 3. The van der Waals surface area contributed by atoms with Crippen LogP contribution >= 0.6 is 15.9 Å². The third kappa shape index (κ3) is 5.63. The number of nitrogens with zero attached hydrogens (tertiary/aromatic N) is 1. The summed E-state index contributed by atoms with van der Waals surface area (Å²) in [6.45, 7) is 2.65. The van der Waals surface area contributed by atoms with E-state index in [-0.39, 0.29) is 5.97 Å². The monoisotopic (exact) mass is 421 g/mol. The quantitative estimate of drug-likeness (QED) is 0.293. The van der Waals surface area contributed by atoms with Crippen LogP contribution < -0.4 is 4.74 Å². The number of esters is 1. The van der Waals surface area contributed by atoms with E-state index in [9.17, 15) is 4.79 Å². The summed E-state index contributed by atoms with van der Waals surface area (Å²) in [4.78, 5) is 16.9. The van der Waals surface area contributed by atoms with Crippen LogP contribution in [0.25, 0.3) is 0 Å². The molecule has 3 nitrogen and oxygen atoms in total. The molecule has 0 spiro atoms. The lowest BCUT2D eigenvalue weighted by atomic mass is 10.1. The van der Waals surface area contributed by atoms with Crippen LogP contribution in [-0.4, -0.2) is 18.7 Å². The van der Waals surface area contributed by atoms with Crippen molar-refractivity contribution in [2.24, 2.45) is 4.99 Å². The third-order valence-corrected chi connectivity index (χ3v) is 4.56. The molecule has 0 saturated carbocycles. The smallest absolute Gasteiger partial charge is 0.343 e. The number of halogens is 1. The number of carbonyl (C=O) groups is 1. The Hall–Kier alpha value is -2.72. The van der Waals surface area contributed by atoms with Crippen molar-refractivity contribution >= 4 is 28.1 Å². The van der Waals surface area contributed by atoms with E-state index in [0.29, 0.717) is 17.9 Å². The van der Waals surface area contributed by atoms with Gasteiger partial charge in [0.2, 0.25) is 0 Å². The van der Waals surface area contributed by atoms with Crippen molar-refractivity contribution in [1.82, 2.24) is 0 Å². The van der Waals surface area contributed by atoms with Gasteiger partial charge in [-0.15, -0.1) is 0 Å². The maximum Gasteiger partial charge on any atom is 0.343 e. The molecule has 136 valence electrons. The molecule has 3 aromatic carbocycles. The minimum Gasteiger partial charge on any atom is -0.422 e. The van der Waals surface area contributed by atoms with Gasteiger partial charge in [-0.1, -0.05) is 64.0 Å². The fourth-order valence-corrected chi connectivity index (χ4v) is 2.94. The van der Waals surface area contributed by atoms with E-state index < -0.39 is 0 Å². The van der Waals surface area contributed by atoms with Crippen LogP contribution in [0, 0.1) is 6.92 Å². The highest BCUT2D eigenvalue weighted by molar-refractivity contribution is 9.10. The van der Waals surface area contributed by atoms with Gasteiger partial charge in [0, 0.05) is 22.8 Å². The van der Waals surface area contributed by atoms with Crippen molar-refractivity contribution in [2.75, 3.05) is 6.54 Å². The SMILES string of the molecule is Cc1ccc(C(=O)Oc2ccc(Br)cc2C=NCCc2ccccc2)cc1. The first-order valence-corrected chi connectivity index (χ1v) is 9.53. The largest absolute Gasteiger partial charge is 0.422 e. The highest BCUT2D eigenvalue weighted by atomic mass is 79.9. The van der Waals surface area contributed by atoms with Crippen molar-refractivity contribution in [3.63, 3.8) is 0 Å². The van der Waals surface area contributed by atoms with Gasteiger partial charge in [-0.25, -0.2) is 4.79 Å². The molecular formula is C23H20BrNO2. The Balaban J connectivity index is 1.69. The molecule has 0 aliphatic rings. The Morgan fingerprint density at radius 3 is 2.52 bits per heavy atom. The minimum atomic E-state index is -0.378. The Labute approximate surface area is 167 Å². The van der Waals surface area contributed by atoms with Gasteiger partial charge < -0.3 is 4.74 Å². The molecule has 0 bridgehead atoms. The molecule has 3 aromatic rings. The Morgan fingerprint density at radius 2 is 1.78 bits per heavy atom. The molecule has 0 amide bonds. The van der Waals surface area contributed by atoms with Gasteiger partial charge in [-0.05, 0) is 49.2 Å². The first kappa shape index (κ1) is 19.1. The van der Waals surface area contributed by atoms with Gasteiger partial charge >= 0.3 is 5.97 Å². The van der Waals surface area contributed by atoms with Gasteiger partial charge in [0.05, 0.1) is 5.56 Å². The molecular weight excluding hydrogens is 402 g/mol. The van der Waals surface area contributed by atoms with Crippen LogP contribution in [0.2, 0.25) is 0 Å². The molecule has 0 aromatic heterocycles. The van der Waals surface area contributed by atoms with Gasteiger partial charge in [-0.2, -0.15) is 0 Å². The Kier molecular flexibility index (Phi) is 6.55. The lowest BCUT2D eigenvalue weighted by molar-refractivity contribution is 0.0734. The average molecular weight is 422 g/mol. The van der Waals surface area contributed by atoms with Crippen molar-refractivity contribution in [3.05, 3.63) is 99.5 Å². The first-order valence-electron chi connectivity index (χ1n) is 8.74. The number of rotatable bonds is 6. The van der Waals surface area contributed by atoms with Crippen LogP contribution in [0.1, 0.15) is 27.0 Å². The van der Waals surface area contributed by atoms with E-state index in [1.165, 1.54) is 5.56 Å². The second-order valence-electron chi connectivity index (χ2n) is 6.21. The zero-order valence-electron chi connectivity index (χ0n) is 15.1. The Morgan fingerprint density at radius 1 is 1.04 bits per heavy atom. The zero-order valence-corrected chi connectivity index (χ0v) is 16.6. The molecule has 0 fully saturated rings. The standard InChI is InChI=1S/C23H20BrNO2/c1-17-7-9-19(10-8-17)23(26)27-22-12-11-21(24)15-20(22)16-25-14-13-18-5-3-2-4-6-18/h2-12,15-16H,13-14H2,1H3. The first-order chi connectivity index (χ1) is 13.1. The van der Waals surface area contributed by atoms with Gasteiger partial charge in [0.25, 0.3) is 0 Å². The summed E-state index contributed by atoms with van der Waals surface area (Å²) in [6, 6.07) is 23.1. The van der Waals surface area contributed by atoms with E-state index in [2.05, 4.69) is 33.1 Å². The summed E-state index contributed by atoms with van der Waals surface area (Å²) in [5.74, 6) is 0.114. The predicted molar refractivity (Wildman–Crippen MR) is 113 cm³/mol. The minimum absolute atomic E-state index is 0.378. The molecule has 0 saturated heterocycles. The maximum atomic E-state index is 12.4. The summed E-state index contributed by atoms with van der Waals surface area (Å²) in [5, 5.41) is 0. The summed E-state index contributed by atoms with van der Waals surface area (Å²) in [5.41, 5.74) is 3.63. The fourth-order valence-electron chi connectivity index (χ4n) is 2.56. The molecule has 0 atom stereocenters. The highest BCUT2D eigenvalue weighted by Gasteiger charge is 2.11. The van der Waals surface area contributed by atoms with Crippen LogP contribution in [-0.2, 0) is 6.42 Å². The summed E-state index contributed by atoms with van der Waals surface area (Å²) >= 11 is 3.46. The van der Waals surface area contributed by atoms with Gasteiger partial charge in [-0.3, -0.25) is 4.99 Å². The van der Waals surface area contributed by atoms with Crippen molar-refractivity contribution in [3.8, 4) is 5.75 Å². The van der Waals surface area contributed by atoms with Crippen molar-refractivity contribution in [1.29, 1.82) is 0 Å². The number of hydrogen-bond acceptors (Lipinski definition) is 3. The van der Waals surface area contributed by atoms with Gasteiger partial charge in [0.1, 0.15) is 5.75 Å². The van der Waals surface area contributed by atoms with Crippen molar-refractivity contribution in [2.45, 2.75) is 13.3 Å². The number of ether oxygens (including phenoxy) is 1. The second kappa shape index (κ2) is 9.28. The fraction of sp³-hybridized carbons (Fsp3) is 0.130. The molecule has 0 unspecified atom stereocenters. The number of hydrogen-bond donors (Lipinski definition) is 0. The number of carbonyl (C=O) groups excluding carboxylic acids is 1. The summed E-state index contributed by atoms with van der Waals surface area (Å²) in [7, 11) is 0. The van der Waals surface area contributed by atoms with E-state index in [0.717, 1.165) is 22.0 Å². The van der Waals surface area contributed by atoms with E-state index in [1.54, 1.807) is 24.4 Å². The second-order valence-corrected chi connectivity index (χ2v) is 7.12. The van der Waals surface area contributed by atoms with Crippen LogP contribution in [0.3, 0.4) is 0 Å². The number of aliphatic imine (C=N–C) groups is 1. The van der Waals surface area contributed by atoms with Crippen molar-refractivity contribution < 1.29 is 9.53 Å². The van der Waals surface area contributed by atoms with Crippen LogP contribution in [0.15, 0.2) is 82.3 Å². The topological polar surface area (TPSA) is 38.7 Å². The molecule has 0 aliphatic heterocycles. The van der Waals surface area contributed by atoms with E-state index in [4.69, 9.17) is 4.74 Å². The molecule has 3 rings (SSSR count). The number of aryl methyl sites for hydroxylation is 1. The van der Waals surface area contributed by atoms with E-state index >= 15 is 0 Å².